The van der Waals surface area contributed by atoms with E-state index in [9.17, 15) is 9.59 Å². The molecule has 1 saturated heterocycles. The molecule has 1 aliphatic rings. The average Bonchev–Trinajstić information content (AvgIpc) is 3.06. The maximum Gasteiger partial charge on any atom is 0.240 e. The van der Waals surface area contributed by atoms with Crippen molar-refractivity contribution in [1.82, 2.24) is 5.32 Å². The quantitative estimate of drug-likeness (QED) is 0.670. The van der Waals surface area contributed by atoms with Gasteiger partial charge in [0.15, 0.2) is 5.17 Å². The van der Waals surface area contributed by atoms with Crippen molar-refractivity contribution in [2.45, 2.75) is 11.7 Å². The summed E-state index contributed by atoms with van der Waals surface area (Å²) in [4.78, 5) is 29.1. The first kappa shape index (κ1) is 19.0. The van der Waals surface area contributed by atoms with Gasteiger partial charge in [-0.05, 0) is 35.0 Å². The number of anilines is 1. The van der Waals surface area contributed by atoms with E-state index in [-0.39, 0.29) is 18.2 Å². The molecule has 0 aromatic heterocycles. The molecule has 0 bridgehead atoms. The van der Waals surface area contributed by atoms with E-state index >= 15 is 0 Å². The lowest BCUT2D eigenvalue weighted by Gasteiger charge is -2.08. The molecule has 7 heteroatoms. The molecule has 0 saturated carbocycles. The molecule has 0 spiro atoms. The Morgan fingerprint density at radius 2 is 1.93 bits per heavy atom. The number of methoxy groups -OCH3 is 1. The van der Waals surface area contributed by atoms with Crippen molar-refractivity contribution in [1.29, 1.82) is 0 Å². The smallest absolute Gasteiger partial charge is 0.240 e. The number of rotatable bonds is 5. The summed E-state index contributed by atoms with van der Waals surface area (Å²) in [6.45, 7) is 0. The van der Waals surface area contributed by atoms with Crippen molar-refractivity contribution in [2.75, 3.05) is 12.4 Å². The van der Waals surface area contributed by atoms with Crippen LogP contribution in [0.2, 0.25) is 0 Å². The molecule has 3 aromatic rings. The molecule has 146 valence electrons. The molecule has 3 aromatic carbocycles. The third-order valence-electron chi connectivity index (χ3n) is 4.46. The number of thioether (sulfide) groups is 1. The Morgan fingerprint density at radius 3 is 2.76 bits per heavy atom. The number of carbonyl (C=O) groups excluding carboxylic acids is 2. The number of carbonyl (C=O) groups is 2. The van der Waals surface area contributed by atoms with Crippen LogP contribution in [0.5, 0.6) is 5.75 Å². The number of amides is 2. The summed E-state index contributed by atoms with van der Waals surface area (Å²) in [5, 5.41) is 7.73. The van der Waals surface area contributed by atoms with E-state index in [0.717, 1.165) is 10.8 Å². The van der Waals surface area contributed by atoms with Crippen LogP contribution in [0, 0.1) is 0 Å². The van der Waals surface area contributed by atoms with Crippen molar-refractivity contribution in [3.63, 3.8) is 0 Å². The highest BCUT2D eigenvalue weighted by Crippen LogP contribution is 2.27. The predicted molar refractivity (Wildman–Crippen MR) is 117 cm³/mol. The van der Waals surface area contributed by atoms with Crippen LogP contribution in [0.4, 0.5) is 11.4 Å². The third kappa shape index (κ3) is 4.57. The molecular weight excluding hydrogens is 386 g/mol. The summed E-state index contributed by atoms with van der Waals surface area (Å²) >= 11 is 1.26. The lowest BCUT2D eigenvalue weighted by molar-refractivity contribution is -0.122. The summed E-state index contributed by atoms with van der Waals surface area (Å²) in [7, 11) is 1.59. The molecule has 1 aliphatic heterocycles. The lowest BCUT2D eigenvalue weighted by atomic mass is 10.1. The number of amidine groups is 1. The molecule has 29 heavy (non-hydrogen) atoms. The van der Waals surface area contributed by atoms with E-state index < -0.39 is 5.25 Å². The Kier molecular flexibility index (Phi) is 5.48. The van der Waals surface area contributed by atoms with Gasteiger partial charge in [-0.25, -0.2) is 4.99 Å². The molecule has 1 atom stereocenters. The van der Waals surface area contributed by atoms with Crippen molar-refractivity contribution >= 4 is 50.9 Å². The Balaban J connectivity index is 1.40. The minimum absolute atomic E-state index is 0.0699. The monoisotopic (exact) mass is 405 g/mol. The topological polar surface area (TPSA) is 79.8 Å². The normalized spacial score (nSPS) is 17.3. The summed E-state index contributed by atoms with van der Waals surface area (Å²) in [5.41, 5.74) is 1.38. The Hall–Kier alpha value is -3.32. The SMILES string of the molecule is COc1cccc(N=C2NC(=O)[C@H](CC(=O)Nc3ccc4ccccc4c3)S2)c1. The zero-order chi connectivity index (χ0) is 20.2. The van der Waals surface area contributed by atoms with Gasteiger partial charge in [-0.1, -0.05) is 48.2 Å². The van der Waals surface area contributed by atoms with Crippen LogP contribution in [0.15, 0.2) is 71.7 Å². The molecule has 1 fully saturated rings. The first-order chi connectivity index (χ1) is 14.1. The lowest BCUT2D eigenvalue weighted by Crippen LogP contribution is -2.28. The van der Waals surface area contributed by atoms with Crippen molar-refractivity contribution in [3.8, 4) is 5.75 Å². The number of hydrogen-bond acceptors (Lipinski definition) is 5. The van der Waals surface area contributed by atoms with Gasteiger partial charge in [0.1, 0.15) is 11.0 Å². The van der Waals surface area contributed by atoms with E-state index in [1.54, 1.807) is 13.2 Å². The van der Waals surface area contributed by atoms with Crippen LogP contribution >= 0.6 is 11.8 Å². The third-order valence-corrected chi connectivity index (χ3v) is 5.55. The van der Waals surface area contributed by atoms with Crippen LogP contribution in [-0.4, -0.2) is 29.3 Å². The van der Waals surface area contributed by atoms with Crippen molar-refractivity contribution in [2.24, 2.45) is 4.99 Å². The van der Waals surface area contributed by atoms with Gasteiger partial charge < -0.3 is 15.4 Å². The molecular formula is C22H19N3O3S. The van der Waals surface area contributed by atoms with Gasteiger partial charge in [0.2, 0.25) is 11.8 Å². The average molecular weight is 405 g/mol. The molecule has 0 aliphatic carbocycles. The second-order valence-electron chi connectivity index (χ2n) is 6.53. The zero-order valence-electron chi connectivity index (χ0n) is 15.7. The highest BCUT2D eigenvalue weighted by Gasteiger charge is 2.32. The van der Waals surface area contributed by atoms with Gasteiger partial charge in [0.25, 0.3) is 0 Å². The van der Waals surface area contributed by atoms with Gasteiger partial charge in [0.05, 0.1) is 12.8 Å². The predicted octanol–water partition coefficient (Wildman–Crippen LogP) is 4.10. The minimum atomic E-state index is -0.514. The Labute approximate surface area is 172 Å². The largest absolute Gasteiger partial charge is 0.497 e. The van der Waals surface area contributed by atoms with Crippen molar-refractivity contribution in [3.05, 3.63) is 66.7 Å². The fourth-order valence-corrected chi connectivity index (χ4v) is 4.02. The molecule has 2 amide bonds. The van der Waals surface area contributed by atoms with Gasteiger partial charge in [-0.15, -0.1) is 0 Å². The van der Waals surface area contributed by atoms with Crippen LogP contribution in [0.3, 0.4) is 0 Å². The Bertz CT molecular complexity index is 1110. The maximum atomic E-state index is 12.4. The van der Waals surface area contributed by atoms with E-state index in [1.165, 1.54) is 11.8 Å². The number of benzene rings is 3. The number of aliphatic imine (C=N–C) groups is 1. The summed E-state index contributed by atoms with van der Waals surface area (Å²) < 4.78 is 5.18. The highest BCUT2D eigenvalue weighted by molar-refractivity contribution is 8.15. The van der Waals surface area contributed by atoms with E-state index in [4.69, 9.17) is 4.74 Å². The second-order valence-corrected chi connectivity index (χ2v) is 7.72. The van der Waals surface area contributed by atoms with Gasteiger partial charge in [-0.2, -0.15) is 0 Å². The first-order valence-corrected chi connectivity index (χ1v) is 9.97. The van der Waals surface area contributed by atoms with Gasteiger partial charge in [0, 0.05) is 18.2 Å². The number of nitrogens with zero attached hydrogens (tertiary/aromatic N) is 1. The fraction of sp³-hybridized carbons (Fsp3) is 0.136. The van der Waals surface area contributed by atoms with Crippen LogP contribution < -0.4 is 15.4 Å². The molecule has 2 N–H and O–H groups in total. The molecule has 4 rings (SSSR count). The molecule has 1 heterocycles. The Morgan fingerprint density at radius 1 is 1.10 bits per heavy atom. The molecule has 6 nitrogen and oxygen atoms in total. The van der Waals surface area contributed by atoms with Crippen molar-refractivity contribution < 1.29 is 14.3 Å². The summed E-state index contributed by atoms with van der Waals surface area (Å²) in [6.07, 6.45) is 0.0699. The second kappa shape index (κ2) is 8.36. The number of hydrogen-bond donors (Lipinski definition) is 2. The number of ether oxygens (including phenoxy) is 1. The van der Waals surface area contributed by atoms with Crippen LogP contribution in [0.1, 0.15) is 6.42 Å². The van der Waals surface area contributed by atoms with E-state index in [1.807, 2.05) is 60.7 Å². The number of nitrogens with one attached hydrogen (secondary N) is 2. The first-order valence-electron chi connectivity index (χ1n) is 9.09. The zero-order valence-corrected chi connectivity index (χ0v) is 16.5. The van der Waals surface area contributed by atoms with Crippen LogP contribution in [0.25, 0.3) is 10.8 Å². The standard InChI is InChI=1S/C22H19N3O3S/c1-28-18-8-4-7-16(12-18)24-22-25-21(27)19(29-22)13-20(26)23-17-10-9-14-5-2-3-6-15(14)11-17/h2-12,19H,13H2,1H3,(H,23,26)(H,24,25,27)/t19-/m0/s1. The van der Waals surface area contributed by atoms with Gasteiger partial charge >= 0.3 is 0 Å². The highest BCUT2D eigenvalue weighted by atomic mass is 32.2. The van der Waals surface area contributed by atoms with E-state index in [0.29, 0.717) is 22.3 Å². The minimum Gasteiger partial charge on any atom is -0.497 e. The van der Waals surface area contributed by atoms with E-state index in [2.05, 4.69) is 15.6 Å². The maximum absolute atomic E-state index is 12.4. The summed E-state index contributed by atoms with van der Waals surface area (Å²) in [6, 6.07) is 20.9. The molecule has 0 radical (unpaired) electrons. The number of fused-ring (bicyclic) bond motifs is 1. The summed E-state index contributed by atoms with van der Waals surface area (Å²) in [5.74, 6) is 0.258. The molecule has 0 unspecified atom stereocenters. The van der Waals surface area contributed by atoms with Gasteiger partial charge in [-0.3, -0.25) is 9.59 Å². The fourth-order valence-electron chi connectivity index (χ4n) is 3.04. The van der Waals surface area contributed by atoms with Crippen LogP contribution in [-0.2, 0) is 9.59 Å².